The second kappa shape index (κ2) is 8.48. The summed E-state index contributed by atoms with van der Waals surface area (Å²) in [5, 5.41) is 10.6. The summed E-state index contributed by atoms with van der Waals surface area (Å²) in [4.78, 5) is 0. The lowest BCUT2D eigenvalue weighted by Crippen LogP contribution is -2.44. The maximum Gasteiger partial charge on any atom is 0.250 e. The third kappa shape index (κ3) is 6.57. The predicted octanol–water partition coefficient (Wildman–Crippen LogP) is 7.39. The summed E-state index contributed by atoms with van der Waals surface area (Å²) in [5.74, 6) is 1.26. The summed E-state index contributed by atoms with van der Waals surface area (Å²) in [6.07, 6.45) is 0. The van der Waals surface area contributed by atoms with E-state index in [2.05, 4.69) is 33.9 Å². The third-order valence-electron chi connectivity index (χ3n) is 4.47. The van der Waals surface area contributed by atoms with Crippen LogP contribution in [0.4, 0.5) is 0 Å². The van der Waals surface area contributed by atoms with E-state index in [1.165, 1.54) is 0 Å². The van der Waals surface area contributed by atoms with Gasteiger partial charge in [0.05, 0.1) is 0 Å². The van der Waals surface area contributed by atoms with Crippen LogP contribution in [0.5, 0.6) is 11.5 Å². The van der Waals surface area contributed by atoms with Crippen molar-refractivity contribution in [3.05, 3.63) is 57.6 Å². The summed E-state index contributed by atoms with van der Waals surface area (Å²) < 4.78 is 6.23. The van der Waals surface area contributed by atoms with Crippen molar-refractivity contribution in [2.24, 2.45) is 0 Å². The molecule has 0 spiro atoms. The fourth-order valence-corrected chi connectivity index (χ4v) is 3.31. The molecule has 0 atom stereocenters. The molecule has 1 N–H and O–H groups in total. The molecule has 0 saturated heterocycles. The van der Waals surface area contributed by atoms with Gasteiger partial charge >= 0.3 is 0 Å². The van der Waals surface area contributed by atoms with Crippen LogP contribution >= 0.6 is 23.2 Å². The van der Waals surface area contributed by atoms with E-state index < -0.39 is 8.32 Å². The van der Waals surface area contributed by atoms with Crippen LogP contribution in [0.1, 0.15) is 31.9 Å². The average Bonchev–Trinajstić information content (AvgIpc) is 2.46. The van der Waals surface area contributed by atoms with Crippen LogP contribution in [-0.2, 0) is 0 Å². The number of hydrogen-bond acceptors (Lipinski definition) is 2. The summed E-state index contributed by atoms with van der Waals surface area (Å²) >= 11 is 11.5. The molecule has 138 valence electrons. The van der Waals surface area contributed by atoms with Crippen molar-refractivity contribution in [3.8, 4) is 11.5 Å². The molecule has 0 bridgehead atoms. The van der Waals surface area contributed by atoms with Crippen molar-refractivity contribution < 1.29 is 9.53 Å². The molecule has 0 aliphatic rings. The van der Waals surface area contributed by atoms with Crippen LogP contribution in [0.3, 0.4) is 0 Å². The lowest BCUT2D eigenvalue weighted by Gasteiger charge is -2.36. The van der Waals surface area contributed by atoms with Gasteiger partial charge in [0.25, 0.3) is 0 Å². The minimum atomic E-state index is -1.74. The highest BCUT2D eigenvalue weighted by atomic mass is 35.5. The van der Waals surface area contributed by atoms with Crippen molar-refractivity contribution in [1.29, 1.82) is 0 Å². The molecule has 0 fully saturated rings. The Morgan fingerprint density at radius 3 is 1.76 bits per heavy atom. The van der Waals surface area contributed by atoms with E-state index in [0.717, 1.165) is 21.9 Å². The fourth-order valence-electron chi connectivity index (χ4n) is 1.77. The van der Waals surface area contributed by atoms with Crippen molar-refractivity contribution in [3.63, 3.8) is 0 Å². The molecule has 0 radical (unpaired) electrons. The van der Waals surface area contributed by atoms with Gasteiger partial charge in [0.15, 0.2) is 0 Å². The first-order chi connectivity index (χ1) is 11.3. The third-order valence-corrected chi connectivity index (χ3v) is 9.28. The minimum absolute atomic E-state index is 0.221. The average molecular weight is 399 g/mol. The first-order valence-electron chi connectivity index (χ1n) is 8.24. The SMILES string of the molecule is Cc1cc(Cl)ccc1O.Cc1cc(Cl)ccc1O[Si](C)(C)C(C)(C)C. The molecule has 0 aliphatic carbocycles. The zero-order chi connectivity index (χ0) is 19.4. The van der Waals surface area contributed by atoms with Gasteiger partial charge < -0.3 is 9.53 Å². The van der Waals surface area contributed by atoms with E-state index in [0.29, 0.717) is 10.8 Å². The summed E-state index contributed by atoms with van der Waals surface area (Å²) in [6, 6.07) is 10.8. The molecule has 0 aliphatic heterocycles. The Labute approximate surface area is 162 Å². The van der Waals surface area contributed by atoms with Crippen LogP contribution < -0.4 is 4.43 Å². The van der Waals surface area contributed by atoms with Crippen molar-refractivity contribution in [1.82, 2.24) is 0 Å². The van der Waals surface area contributed by atoms with Gasteiger partial charge in [-0.05, 0) is 79.5 Å². The Bertz CT molecular complexity index is 722. The van der Waals surface area contributed by atoms with Crippen LogP contribution in [0.2, 0.25) is 28.2 Å². The van der Waals surface area contributed by atoms with E-state index in [-0.39, 0.29) is 5.04 Å². The van der Waals surface area contributed by atoms with E-state index in [4.69, 9.17) is 32.7 Å². The molecule has 25 heavy (non-hydrogen) atoms. The van der Waals surface area contributed by atoms with Gasteiger partial charge in [-0.25, -0.2) is 0 Å². The molecule has 0 unspecified atom stereocenters. The number of hydrogen-bond donors (Lipinski definition) is 1. The zero-order valence-electron chi connectivity index (χ0n) is 16.1. The number of phenols is 1. The molecule has 0 amide bonds. The van der Waals surface area contributed by atoms with Crippen molar-refractivity contribution in [2.75, 3.05) is 0 Å². The number of phenolic OH excluding ortho intramolecular Hbond substituents is 1. The van der Waals surface area contributed by atoms with Gasteiger partial charge in [-0.15, -0.1) is 0 Å². The monoisotopic (exact) mass is 398 g/mol. The Morgan fingerprint density at radius 2 is 1.36 bits per heavy atom. The largest absolute Gasteiger partial charge is 0.543 e. The van der Waals surface area contributed by atoms with Crippen LogP contribution in [-0.4, -0.2) is 13.4 Å². The lowest BCUT2D eigenvalue weighted by molar-refractivity contribution is 0.471. The van der Waals surface area contributed by atoms with Crippen LogP contribution in [0.15, 0.2) is 36.4 Å². The minimum Gasteiger partial charge on any atom is -0.543 e. The molecule has 2 aromatic carbocycles. The molecule has 2 nitrogen and oxygen atoms in total. The number of aromatic hydroxyl groups is 1. The van der Waals surface area contributed by atoms with Gasteiger partial charge in [0.2, 0.25) is 8.32 Å². The second-order valence-corrected chi connectivity index (χ2v) is 13.3. The van der Waals surface area contributed by atoms with Gasteiger partial charge in [-0.2, -0.15) is 0 Å². The smallest absolute Gasteiger partial charge is 0.250 e. The normalized spacial score (nSPS) is 11.6. The van der Waals surface area contributed by atoms with E-state index in [1.54, 1.807) is 25.1 Å². The molecule has 0 heterocycles. The standard InChI is InChI=1S/C13H21ClOSi.C7H7ClO/c1-10-9-11(14)7-8-12(10)15-16(5,6)13(2,3)4;1-5-4-6(8)2-3-7(5)9/h7-9H,1-6H3;2-4,9H,1H3. The number of benzene rings is 2. The Kier molecular flexibility index (Phi) is 7.42. The van der Waals surface area contributed by atoms with Crippen LogP contribution in [0.25, 0.3) is 0 Å². The quantitative estimate of drug-likeness (QED) is 0.534. The Morgan fingerprint density at radius 1 is 0.880 bits per heavy atom. The number of aryl methyl sites for hydroxylation is 2. The molecule has 2 aromatic rings. The summed E-state index contributed by atoms with van der Waals surface area (Å²) in [5.41, 5.74) is 1.92. The van der Waals surface area contributed by atoms with E-state index >= 15 is 0 Å². The van der Waals surface area contributed by atoms with Gasteiger partial charge in [-0.3, -0.25) is 0 Å². The zero-order valence-corrected chi connectivity index (χ0v) is 18.6. The summed E-state index contributed by atoms with van der Waals surface area (Å²) in [7, 11) is -1.74. The first-order valence-corrected chi connectivity index (χ1v) is 11.9. The first kappa shape index (κ1) is 21.9. The Balaban J connectivity index is 0.000000293. The molecular weight excluding hydrogens is 371 g/mol. The molecule has 5 heteroatoms. The molecule has 0 saturated carbocycles. The maximum absolute atomic E-state index is 8.99. The highest BCUT2D eigenvalue weighted by Gasteiger charge is 2.39. The highest BCUT2D eigenvalue weighted by molar-refractivity contribution is 6.74. The second-order valence-electron chi connectivity index (χ2n) is 7.70. The number of halogens is 2. The predicted molar refractivity (Wildman–Crippen MR) is 112 cm³/mol. The van der Waals surface area contributed by atoms with Gasteiger partial charge in [-0.1, -0.05) is 44.0 Å². The van der Waals surface area contributed by atoms with Gasteiger partial charge in [0.1, 0.15) is 11.5 Å². The van der Waals surface area contributed by atoms with Crippen molar-refractivity contribution in [2.45, 2.75) is 52.8 Å². The highest BCUT2D eigenvalue weighted by Crippen LogP contribution is 2.38. The van der Waals surface area contributed by atoms with E-state index in [1.807, 2.05) is 25.1 Å². The summed E-state index contributed by atoms with van der Waals surface area (Å²) in [6.45, 7) is 15.1. The number of rotatable bonds is 2. The van der Waals surface area contributed by atoms with Gasteiger partial charge in [0, 0.05) is 10.0 Å². The molecule has 2 rings (SSSR count). The van der Waals surface area contributed by atoms with E-state index in [9.17, 15) is 0 Å². The topological polar surface area (TPSA) is 29.5 Å². The van der Waals surface area contributed by atoms with Crippen molar-refractivity contribution >= 4 is 31.5 Å². The molecular formula is C20H28Cl2O2Si. The fraction of sp³-hybridized carbons (Fsp3) is 0.400. The molecule has 0 aromatic heterocycles. The lowest BCUT2D eigenvalue weighted by atomic mass is 10.2. The Hall–Kier alpha value is -1.16. The maximum atomic E-state index is 8.99. The van der Waals surface area contributed by atoms with Crippen LogP contribution in [0, 0.1) is 13.8 Å².